The second kappa shape index (κ2) is 7.30. The summed E-state index contributed by atoms with van der Waals surface area (Å²) in [5.41, 5.74) is 1.11. The molecule has 2 heteroatoms. The van der Waals surface area contributed by atoms with Crippen molar-refractivity contribution in [3.05, 3.63) is 30.7 Å². The van der Waals surface area contributed by atoms with E-state index >= 15 is 0 Å². The van der Waals surface area contributed by atoms with E-state index < -0.39 is 0 Å². The SMILES string of the molecule is [CH2]Cc1cccc(OCC(C)C)c1OCC(C)C. The van der Waals surface area contributed by atoms with Gasteiger partial charge in [-0.15, -0.1) is 0 Å². The minimum atomic E-state index is 0.501. The van der Waals surface area contributed by atoms with Crippen molar-refractivity contribution in [2.75, 3.05) is 13.2 Å². The molecule has 0 saturated heterocycles. The number of benzene rings is 1. The topological polar surface area (TPSA) is 18.5 Å². The number of ether oxygens (including phenoxy) is 2. The molecule has 0 aliphatic carbocycles. The minimum absolute atomic E-state index is 0.501. The molecule has 0 atom stereocenters. The summed E-state index contributed by atoms with van der Waals surface area (Å²) in [6, 6.07) is 6.01. The highest BCUT2D eigenvalue weighted by Crippen LogP contribution is 2.32. The molecule has 1 aromatic rings. The number of rotatable bonds is 7. The molecule has 0 aromatic heterocycles. The summed E-state index contributed by atoms with van der Waals surface area (Å²) in [6.07, 6.45) is 0.715. The van der Waals surface area contributed by atoms with Gasteiger partial charge in [-0.3, -0.25) is 0 Å². The first-order chi connectivity index (χ1) is 8.54. The summed E-state index contributed by atoms with van der Waals surface area (Å²) >= 11 is 0. The number of hydrogen-bond donors (Lipinski definition) is 0. The number of para-hydroxylation sites is 1. The van der Waals surface area contributed by atoms with Crippen LogP contribution in [0.25, 0.3) is 0 Å². The summed E-state index contributed by atoms with van der Waals surface area (Å²) in [7, 11) is 0. The van der Waals surface area contributed by atoms with E-state index in [-0.39, 0.29) is 0 Å². The van der Waals surface area contributed by atoms with Gasteiger partial charge in [0.05, 0.1) is 13.2 Å². The molecule has 1 radical (unpaired) electrons. The van der Waals surface area contributed by atoms with E-state index in [1.807, 2.05) is 18.2 Å². The Morgan fingerprint density at radius 2 is 1.61 bits per heavy atom. The summed E-state index contributed by atoms with van der Waals surface area (Å²) < 4.78 is 11.7. The molecule has 0 spiro atoms. The van der Waals surface area contributed by atoms with E-state index in [2.05, 4.69) is 34.6 Å². The van der Waals surface area contributed by atoms with Crippen molar-refractivity contribution in [3.63, 3.8) is 0 Å². The van der Waals surface area contributed by atoms with Gasteiger partial charge in [-0.25, -0.2) is 0 Å². The molecule has 0 N–H and O–H groups in total. The molecule has 0 bridgehead atoms. The van der Waals surface area contributed by atoms with E-state index in [1.165, 1.54) is 0 Å². The maximum Gasteiger partial charge on any atom is 0.164 e. The molecule has 0 amide bonds. The lowest BCUT2D eigenvalue weighted by molar-refractivity contribution is 0.228. The van der Waals surface area contributed by atoms with Crippen LogP contribution in [0.2, 0.25) is 0 Å². The quantitative estimate of drug-likeness (QED) is 0.723. The van der Waals surface area contributed by atoms with Gasteiger partial charge in [0.2, 0.25) is 0 Å². The van der Waals surface area contributed by atoms with Crippen LogP contribution < -0.4 is 9.47 Å². The Bertz CT molecular complexity index is 356. The standard InChI is InChI=1S/C16H25O2/c1-6-14-8-7-9-15(17-10-12(2)3)16(14)18-11-13(4)5/h7-9,12-13H,1,6,10-11H2,2-5H3. The maximum atomic E-state index is 5.89. The number of hydrogen-bond acceptors (Lipinski definition) is 2. The Morgan fingerprint density at radius 1 is 1.00 bits per heavy atom. The van der Waals surface area contributed by atoms with Gasteiger partial charge >= 0.3 is 0 Å². The van der Waals surface area contributed by atoms with Crippen LogP contribution in [0.4, 0.5) is 0 Å². The van der Waals surface area contributed by atoms with Crippen molar-refractivity contribution in [2.45, 2.75) is 34.1 Å². The van der Waals surface area contributed by atoms with Gasteiger partial charge in [-0.1, -0.05) is 39.8 Å². The normalized spacial score (nSPS) is 11.1. The molecule has 18 heavy (non-hydrogen) atoms. The second-order valence-electron chi connectivity index (χ2n) is 5.40. The lowest BCUT2D eigenvalue weighted by Gasteiger charge is -2.17. The molecule has 1 rings (SSSR count). The van der Waals surface area contributed by atoms with Crippen LogP contribution in [0.15, 0.2) is 18.2 Å². The smallest absolute Gasteiger partial charge is 0.164 e. The van der Waals surface area contributed by atoms with Crippen LogP contribution in [0, 0.1) is 18.8 Å². The van der Waals surface area contributed by atoms with Crippen LogP contribution in [0.5, 0.6) is 11.5 Å². The third kappa shape index (κ3) is 4.59. The third-order valence-corrected chi connectivity index (χ3v) is 2.46. The molecular formula is C16H25O2. The van der Waals surface area contributed by atoms with Crippen molar-refractivity contribution in [1.82, 2.24) is 0 Å². The summed E-state index contributed by atoms with van der Waals surface area (Å²) in [5, 5.41) is 0. The lowest BCUT2D eigenvalue weighted by Crippen LogP contribution is -2.10. The van der Waals surface area contributed by atoms with Gasteiger partial charge in [0.15, 0.2) is 11.5 Å². The van der Waals surface area contributed by atoms with Crippen LogP contribution >= 0.6 is 0 Å². The van der Waals surface area contributed by atoms with Gasteiger partial charge < -0.3 is 9.47 Å². The van der Waals surface area contributed by atoms with Gasteiger partial charge in [0, 0.05) is 0 Å². The zero-order valence-electron chi connectivity index (χ0n) is 12.0. The van der Waals surface area contributed by atoms with E-state index in [0.29, 0.717) is 31.5 Å². The molecule has 0 aliphatic rings. The van der Waals surface area contributed by atoms with Gasteiger partial charge in [-0.2, -0.15) is 0 Å². The van der Waals surface area contributed by atoms with E-state index in [1.54, 1.807) is 0 Å². The minimum Gasteiger partial charge on any atom is -0.489 e. The Kier molecular flexibility index (Phi) is 6.03. The van der Waals surface area contributed by atoms with Crippen LogP contribution in [-0.2, 0) is 6.42 Å². The monoisotopic (exact) mass is 249 g/mol. The lowest BCUT2D eigenvalue weighted by atomic mass is 10.1. The zero-order chi connectivity index (χ0) is 13.5. The van der Waals surface area contributed by atoms with Crippen molar-refractivity contribution in [3.8, 4) is 11.5 Å². The molecule has 0 saturated carbocycles. The fourth-order valence-corrected chi connectivity index (χ4v) is 1.54. The summed E-state index contributed by atoms with van der Waals surface area (Å²) in [6.45, 7) is 13.9. The largest absolute Gasteiger partial charge is 0.489 e. The first kappa shape index (κ1) is 14.9. The average Bonchev–Trinajstić information content (AvgIpc) is 2.33. The molecular weight excluding hydrogens is 224 g/mol. The maximum absolute atomic E-state index is 5.89. The zero-order valence-corrected chi connectivity index (χ0v) is 12.0. The fraction of sp³-hybridized carbons (Fsp3) is 0.562. The van der Waals surface area contributed by atoms with Crippen LogP contribution in [0.3, 0.4) is 0 Å². The van der Waals surface area contributed by atoms with Crippen LogP contribution in [-0.4, -0.2) is 13.2 Å². The van der Waals surface area contributed by atoms with Crippen molar-refractivity contribution in [2.24, 2.45) is 11.8 Å². The molecule has 0 aliphatic heterocycles. The van der Waals surface area contributed by atoms with Crippen LogP contribution in [0.1, 0.15) is 33.3 Å². The molecule has 1 aromatic carbocycles. The Labute approximate surface area is 111 Å². The third-order valence-electron chi connectivity index (χ3n) is 2.46. The average molecular weight is 249 g/mol. The molecule has 2 nitrogen and oxygen atoms in total. The van der Waals surface area contributed by atoms with E-state index in [0.717, 1.165) is 17.1 Å². The molecule has 0 heterocycles. The van der Waals surface area contributed by atoms with E-state index in [4.69, 9.17) is 9.47 Å². The highest BCUT2D eigenvalue weighted by Gasteiger charge is 2.11. The van der Waals surface area contributed by atoms with Gasteiger partial charge in [-0.05, 0) is 36.8 Å². The first-order valence-electron chi connectivity index (χ1n) is 6.71. The highest BCUT2D eigenvalue weighted by atomic mass is 16.5. The molecule has 101 valence electrons. The first-order valence-corrected chi connectivity index (χ1v) is 6.71. The second-order valence-corrected chi connectivity index (χ2v) is 5.40. The summed E-state index contributed by atoms with van der Waals surface area (Å²) in [5.74, 6) is 2.71. The summed E-state index contributed by atoms with van der Waals surface area (Å²) in [4.78, 5) is 0. The van der Waals surface area contributed by atoms with Crippen molar-refractivity contribution >= 4 is 0 Å². The predicted octanol–water partition coefficient (Wildman–Crippen LogP) is 4.13. The fourth-order valence-electron chi connectivity index (χ4n) is 1.54. The Balaban J connectivity index is 2.85. The van der Waals surface area contributed by atoms with Gasteiger partial charge in [0.1, 0.15) is 0 Å². The highest BCUT2D eigenvalue weighted by molar-refractivity contribution is 5.47. The van der Waals surface area contributed by atoms with Gasteiger partial charge in [0.25, 0.3) is 0 Å². The predicted molar refractivity (Wildman–Crippen MR) is 76.2 cm³/mol. The Hall–Kier alpha value is -1.18. The Morgan fingerprint density at radius 3 is 2.17 bits per heavy atom. The van der Waals surface area contributed by atoms with Crippen molar-refractivity contribution < 1.29 is 9.47 Å². The molecule has 0 fully saturated rings. The van der Waals surface area contributed by atoms with E-state index in [9.17, 15) is 0 Å². The van der Waals surface area contributed by atoms with Crippen molar-refractivity contribution in [1.29, 1.82) is 0 Å². The molecule has 0 unspecified atom stereocenters.